The summed E-state index contributed by atoms with van der Waals surface area (Å²) in [5.74, 6) is 0.137. The van der Waals surface area contributed by atoms with Gasteiger partial charge in [-0.25, -0.2) is 0 Å². The van der Waals surface area contributed by atoms with E-state index in [1.165, 1.54) is 12.0 Å². The van der Waals surface area contributed by atoms with Gasteiger partial charge in [0.05, 0.1) is 6.04 Å². The molecule has 2 saturated heterocycles. The molecule has 2 aliphatic rings. The van der Waals surface area contributed by atoms with Crippen LogP contribution >= 0.6 is 0 Å². The van der Waals surface area contributed by atoms with Crippen LogP contribution in [0.4, 0.5) is 5.69 Å². The molecule has 0 spiro atoms. The maximum atomic E-state index is 13.0. The number of benzene rings is 2. The minimum absolute atomic E-state index is 0.0419. The third kappa shape index (κ3) is 4.99. The van der Waals surface area contributed by atoms with Crippen LogP contribution in [0.15, 0.2) is 48.5 Å². The first kappa shape index (κ1) is 21.6. The van der Waals surface area contributed by atoms with Crippen LogP contribution in [0.5, 0.6) is 0 Å². The Bertz CT molecular complexity index is 928. The zero-order valence-electron chi connectivity index (χ0n) is 18.6. The van der Waals surface area contributed by atoms with Gasteiger partial charge in [-0.3, -0.25) is 14.5 Å². The molecule has 2 heterocycles. The van der Waals surface area contributed by atoms with Gasteiger partial charge in [-0.15, -0.1) is 0 Å². The van der Waals surface area contributed by atoms with Crippen molar-refractivity contribution in [1.29, 1.82) is 0 Å². The second-order valence-electron chi connectivity index (χ2n) is 8.98. The molecule has 1 N–H and O–H groups in total. The SMILES string of the molecule is Cc1cc(C(=O)N2CCCCC2C)ccc1NC(=O)C1CCCN1Cc1ccccc1. The number of aryl methyl sites for hydroxylation is 1. The van der Waals surface area contributed by atoms with Crippen LogP contribution in [-0.2, 0) is 11.3 Å². The molecule has 0 aliphatic carbocycles. The maximum absolute atomic E-state index is 13.0. The molecule has 4 rings (SSSR count). The fraction of sp³-hybridized carbons (Fsp3) is 0.462. The molecule has 5 heteroatoms. The van der Waals surface area contributed by atoms with E-state index in [-0.39, 0.29) is 17.9 Å². The molecule has 2 aromatic carbocycles. The average molecular weight is 420 g/mol. The number of rotatable bonds is 5. The molecule has 2 amide bonds. The number of hydrogen-bond acceptors (Lipinski definition) is 3. The second kappa shape index (κ2) is 9.65. The van der Waals surface area contributed by atoms with Gasteiger partial charge in [-0.05, 0) is 81.8 Å². The number of hydrogen-bond donors (Lipinski definition) is 1. The first-order chi connectivity index (χ1) is 15.0. The standard InChI is InChI=1S/C26H33N3O2/c1-19-17-22(26(31)29-16-7-6-9-20(29)2)13-14-23(19)27-25(30)24-12-8-15-28(24)18-21-10-4-3-5-11-21/h3-5,10-11,13-14,17,20,24H,6-9,12,15-16,18H2,1-2H3,(H,27,30). The van der Waals surface area contributed by atoms with Gasteiger partial charge >= 0.3 is 0 Å². The first-order valence-electron chi connectivity index (χ1n) is 11.5. The van der Waals surface area contributed by atoms with E-state index >= 15 is 0 Å². The Hall–Kier alpha value is -2.66. The molecule has 2 atom stereocenters. The normalized spacial score (nSPS) is 21.8. The number of carbonyl (C=O) groups is 2. The lowest BCUT2D eigenvalue weighted by molar-refractivity contribution is -0.120. The Morgan fingerprint density at radius 2 is 1.81 bits per heavy atom. The predicted octanol–water partition coefficient (Wildman–Crippen LogP) is 4.61. The van der Waals surface area contributed by atoms with Crippen molar-refractivity contribution >= 4 is 17.5 Å². The fourth-order valence-corrected chi connectivity index (χ4v) is 4.85. The lowest BCUT2D eigenvalue weighted by atomic mass is 10.0. The smallest absolute Gasteiger partial charge is 0.254 e. The van der Waals surface area contributed by atoms with Crippen molar-refractivity contribution in [3.63, 3.8) is 0 Å². The maximum Gasteiger partial charge on any atom is 0.254 e. The molecule has 0 aromatic heterocycles. The summed E-state index contributed by atoms with van der Waals surface area (Å²) in [7, 11) is 0. The third-order valence-corrected chi connectivity index (χ3v) is 6.69. The van der Waals surface area contributed by atoms with E-state index in [0.29, 0.717) is 11.6 Å². The number of amides is 2. The van der Waals surface area contributed by atoms with E-state index in [0.717, 1.165) is 56.6 Å². The highest BCUT2D eigenvalue weighted by Crippen LogP contribution is 2.25. The fourth-order valence-electron chi connectivity index (χ4n) is 4.85. The Morgan fingerprint density at radius 3 is 2.55 bits per heavy atom. The van der Waals surface area contributed by atoms with Gasteiger partial charge in [0, 0.05) is 30.4 Å². The summed E-state index contributed by atoms with van der Waals surface area (Å²) in [5, 5.41) is 3.12. The van der Waals surface area contributed by atoms with Crippen molar-refractivity contribution in [2.24, 2.45) is 0 Å². The quantitative estimate of drug-likeness (QED) is 0.770. The molecule has 0 bridgehead atoms. The summed E-state index contributed by atoms with van der Waals surface area (Å²) >= 11 is 0. The van der Waals surface area contributed by atoms with Crippen molar-refractivity contribution in [1.82, 2.24) is 9.80 Å². The minimum atomic E-state index is -0.116. The summed E-state index contributed by atoms with van der Waals surface area (Å²) in [4.78, 5) is 30.2. The third-order valence-electron chi connectivity index (χ3n) is 6.69. The van der Waals surface area contributed by atoms with Gasteiger partial charge < -0.3 is 10.2 Å². The Kier molecular flexibility index (Phi) is 6.71. The molecular weight excluding hydrogens is 386 g/mol. The molecule has 2 fully saturated rings. The highest BCUT2D eigenvalue weighted by molar-refractivity contribution is 5.98. The van der Waals surface area contributed by atoms with Crippen molar-refractivity contribution in [3.05, 3.63) is 65.2 Å². The molecule has 2 aromatic rings. The Balaban J connectivity index is 1.41. The van der Waals surface area contributed by atoms with Gasteiger partial charge in [0.15, 0.2) is 0 Å². The van der Waals surface area contributed by atoms with Crippen LogP contribution in [0, 0.1) is 6.92 Å². The van der Waals surface area contributed by atoms with Crippen molar-refractivity contribution in [2.75, 3.05) is 18.4 Å². The summed E-state index contributed by atoms with van der Waals surface area (Å²) in [6.45, 7) is 6.65. The molecule has 2 aliphatic heterocycles. The summed E-state index contributed by atoms with van der Waals surface area (Å²) in [6.07, 6.45) is 5.24. The Labute approximate surface area is 185 Å². The van der Waals surface area contributed by atoms with Crippen LogP contribution < -0.4 is 5.32 Å². The van der Waals surface area contributed by atoms with Crippen LogP contribution in [0.3, 0.4) is 0 Å². The largest absolute Gasteiger partial charge is 0.336 e. The number of nitrogens with one attached hydrogen (secondary N) is 1. The molecule has 164 valence electrons. The van der Waals surface area contributed by atoms with E-state index in [9.17, 15) is 9.59 Å². The van der Waals surface area contributed by atoms with Gasteiger partial charge in [0.2, 0.25) is 5.91 Å². The topological polar surface area (TPSA) is 52.7 Å². The van der Waals surface area contributed by atoms with Gasteiger partial charge in [-0.2, -0.15) is 0 Å². The zero-order valence-corrected chi connectivity index (χ0v) is 18.6. The zero-order chi connectivity index (χ0) is 21.8. The van der Waals surface area contributed by atoms with Crippen LogP contribution in [0.2, 0.25) is 0 Å². The van der Waals surface area contributed by atoms with E-state index in [1.54, 1.807) is 0 Å². The summed E-state index contributed by atoms with van der Waals surface area (Å²) in [6, 6.07) is 16.1. The number of nitrogens with zero attached hydrogens (tertiary/aromatic N) is 2. The van der Waals surface area contributed by atoms with E-state index < -0.39 is 0 Å². The van der Waals surface area contributed by atoms with Crippen LogP contribution in [0.25, 0.3) is 0 Å². The second-order valence-corrected chi connectivity index (χ2v) is 8.98. The molecule has 5 nitrogen and oxygen atoms in total. The van der Waals surface area contributed by atoms with E-state index in [2.05, 4.69) is 29.3 Å². The lowest BCUT2D eigenvalue weighted by Gasteiger charge is -2.33. The van der Waals surface area contributed by atoms with Crippen molar-refractivity contribution in [2.45, 2.75) is 64.6 Å². The Morgan fingerprint density at radius 1 is 1.00 bits per heavy atom. The van der Waals surface area contributed by atoms with Gasteiger partial charge in [0.25, 0.3) is 5.91 Å². The van der Waals surface area contributed by atoms with Crippen molar-refractivity contribution in [3.8, 4) is 0 Å². The molecule has 0 saturated carbocycles. The highest BCUT2D eigenvalue weighted by atomic mass is 16.2. The van der Waals surface area contributed by atoms with Crippen molar-refractivity contribution < 1.29 is 9.59 Å². The number of carbonyl (C=O) groups excluding carboxylic acids is 2. The molecule has 2 unspecified atom stereocenters. The first-order valence-corrected chi connectivity index (χ1v) is 11.5. The summed E-state index contributed by atoms with van der Waals surface area (Å²) in [5.41, 5.74) is 3.65. The monoisotopic (exact) mass is 419 g/mol. The van der Waals surface area contributed by atoms with E-state index in [4.69, 9.17) is 0 Å². The predicted molar refractivity (Wildman–Crippen MR) is 124 cm³/mol. The number of piperidine rings is 1. The minimum Gasteiger partial charge on any atom is -0.336 e. The highest BCUT2D eigenvalue weighted by Gasteiger charge is 2.31. The van der Waals surface area contributed by atoms with Gasteiger partial charge in [0.1, 0.15) is 0 Å². The molecule has 0 radical (unpaired) electrons. The van der Waals surface area contributed by atoms with Crippen LogP contribution in [-0.4, -0.2) is 46.8 Å². The molecule has 31 heavy (non-hydrogen) atoms. The number of likely N-dealkylation sites (tertiary alicyclic amines) is 2. The average Bonchev–Trinajstić information content (AvgIpc) is 3.24. The lowest BCUT2D eigenvalue weighted by Crippen LogP contribution is -2.42. The summed E-state index contributed by atoms with van der Waals surface area (Å²) < 4.78 is 0. The van der Waals surface area contributed by atoms with Crippen LogP contribution in [0.1, 0.15) is 60.5 Å². The van der Waals surface area contributed by atoms with Gasteiger partial charge in [-0.1, -0.05) is 30.3 Å². The van der Waals surface area contributed by atoms with E-state index in [1.807, 2.05) is 48.2 Å². The number of anilines is 1. The molecular formula is C26H33N3O2.